The Morgan fingerprint density at radius 3 is 2.37 bits per heavy atom. The van der Waals surface area contributed by atoms with Crippen LogP contribution in [0, 0.1) is 0 Å². The first-order chi connectivity index (χ1) is 13.2. The molecule has 2 aromatic rings. The maximum Gasteiger partial charge on any atom is 0.291 e. The van der Waals surface area contributed by atoms with Crippen LogP contribution >= 0.6 is 0 Å². The fourth-order valence-corrected chi connectivity index (χ4v) is 3.89. The van der Waals surface area contributed by atoms with E-state index >= 15 is 0 Å². The third-order valence-electron chi connectivity index (χ3n) is 5.32. The highest BCUT2D eigenvalue weighted by Gasteiger charge is 2.25. The molecule has 142 valence electrons. The van der Waals surface area contributed by atoms with Crippen molar-refractivity contribution in [3.63, 3.8) is 0 Å². The number of carbonyl (C=O) groups is 2. The molecule has 0 bridgehead atoms. The van der Waals surface area contributed by atoms with E-state index in [4.69, 9.17) is 4.42 Å². The van der Waals surface area contributed by atoms with Crippen molar-refractivity contribution in [1.29, 1.82) is 0 Å². The van der Waals surface area contributed by atoms with Crippen molar-refractivity contribution in [1.82, 2.24) is 4.90 Å². The minimum absolute atomic E-state index is 0.0576. The van der Waals surface area contributed by atoms with Gasteiger partial charge in [-0.1, -0.05) is 0 Å². The smallest absolute Gasteiger partial charge is 0.291 e. The van der Waals surface area contributed by atoms with Gasteiger partial charge in [0, 0.05) is 37.6 Å². The van der Waals surface area contributed by atoms with Crippen molar-refractivity contribution in [2.45, 2.75) is 32.1 Å². The minimum atomic E-state index is -0.315. The topological polar surface area (TPSA) is 65.8 Å². The molecule has 0 spiro atoms. The quantitative estimate of drug-likeness (QED) is 0.894. The number of amides is 2. The Bertz CT molecular complexity index is 804. The van der Waals surface area contributed by atoms with E-state index in [0.717, 1.165) is 57.5 Å². The Kier molecular flexibility index (Phi) is 5.14. The summed E-state index contributed by atoms with van der Waals surface area (Å²) in [6.07, 6.45) is 7.11. The van der Waals surface area contributed by atoms with Crippen molar-refractivity contribution in [3.05, 3.63) is 47.9 Å². The third kappa shape index (κ3) is 3.84. The van der Waals surface area contributed by atoms with Gasteiger partial charge in [-0.2, -0.15) is 0 Å². The van der Waals surface area contributed by atoms with E-state index in [1.807, 2.05) is 23.1 Å². The normalized spacial score (nSPS) is 17.2. The average molecular weight is 367 g/mol. The molecule has 27 heavy (non-hydrogen) atoms. The Labute approximate surface area is 159 Å². The van der Waals surface area contributed by atoms with Crippen LogP contribution in [0.4, 0.5) is 11.4 Å². The number of carbonyl (C=O) groups excluding carboxylic acids is 2. The minimum Gasteiger partial charge on any atom is -0.459 e. The zero-order valence-electron chi connectivity index (χ0n) is 15.4. The number of anilines is 2. The second-order valence-electron chi connectivity index (χ2n) is 7.21. The predicted molar refractivity (Wildman–Crippen MR) is 104 cm³/mol. The first-order valence-corrected chi connectivity index (χ1v) is 9.75. The molecule has 6 nitrogen and oxygen atoms in total. The highest BCUT2D eigenvalue weighted by atomic mass is 16.3. The van der Waals surface area contributed by atoms with Gasteiger partial charge in [0.15, 0.2) is 5.76 Å². The maximum atomic E-state index is 13.1. The highest BCUT2D eigenvalue weighted by Crippen LogP contribution is 2.29. The van der Waals surface area contributed by atoms with Crippen LogP contribution < -0.4 is 10.2 Å². The summed E-state index contributed by atoms with van der Waals surface area (Å²) in [5, 5.41) is 2.84. The van der Waals surface area contributed by atoms with Crippen LogP contribution in [-0.4, -0.2) is 42.9 Å². The van der Waals surface area contributed by atoms with Gasteiger partial charge in [-0.25, -0.2) is 0 Å². The lowest BCUT2D eigenvalue weighted by atomic mass is 10.1. The van der Waals surface area contributed by atoms with Crippen LogP contribution in [-0.2, 0) is 0 Å². The van der Waals surface area contributed by atoms with Crippen LogP contribution in [0.3, 0.4) is 0 Å². The molecule has 0 aliphatic carbocycles. The molecule has 2 aliphatic rings. The number of nitrogens with one attached hydrogen (secondary N) is 1. The van der Waals surface area contributed by atoms with Gasteiger partial charge in [0.2, 0.25) is 0 Å². The monoisotopic (exact) mass is 367 g/mol. The number of likely N-dealkylation sites (tertiary alicyclic amines) is 1. The maximum absolute atomic E-state index is 13.1. The molecule has 4 rings (SSSR count). The van der Waals surface area contributed by atoms with Crippen molar-refractivity contribution in [2.24, 2.45) is 0 Å². The summed E-state index contributed by atoms with van der Waals surface area (Å²) in [4.78, 5) is 29.6. The number of hydrogen-bond acceptors (Lipinski definition) is 4. The number of furan rings is 1. The molecule has 2 saturated heterocycles. The van der Waals surface area contributed by atoms with E-state index in [1.165, 1.54) is 12.7 Å². The summed E-state index contributed by atoms with van der Waals surface area (Å²) < 4.78 is 5.15. The van der Waals surface area contributed by atoms with E-state index in [1.54, 1.807) is 12.1 Å². The van der Waals surface area contributed by atoms with Crippen LogP contribution in [0.2, 0.25) is 0 Å². The standard InChI is InChI=1S/C21H25N3O3/c25-20(19-7-6-14-27-19)22-16-8-9-18(23-10-2-1-3-11-23)17(15-16)21(26)24-12-4-5-13-24/h6-9,14-15H,1-5,10-13H2,(H,22,25). The summed E-state index contributed by atoms with van der Waals surface area (Å²) in [7, 11) is 0. The summed E-state index contributed by atoms with van der Waals surface area (Å²) in [5.41, 5.74) is 2.26. The van der Waals surface area contributed by atoms with Gasteiger partial charge in [-0.3, -0.25) is 9.59 Å². The molecule has 6 heteroatoms. The molecule has 0 atom stereocenters. The van der Waals surface area contributed by atoms with Crippen molar-refractivity contribution in [3.8, 4) is 0 Å². The van der Waals surface area contributed by atoms with Crippen molar-refractivity contribution in [2.75, 3.05) is 36.4 Å². The predicted octanol–water partition coefficient (Wildman–Crippen LogP) is 3.76. The summed E-state index contributed by atoms with van der Waals surface area (Å²) in [5.74, 6) is -0.00464. The summed E-state index contributed by atoms with van der Waals surface area (Å²) >= 11 is 0. The number of piperidine rings is 1. The average Bonchev–Trinajstić information content (AvgIpc) is 3.42. The molecular formula is C21H25N3O3. The third-order valence-corrected chi connectivity index (χ3v) is 5.32. The number of benzene rings is 1. The van der Waals surface area contributed by atoms with Gasteiger partial charge in [-0.15, -0.1) is 0 Å². The molecule has 1 N–H and O–H groups in total. The Hall–Kier alpha value is -2.76. The number of rotatable bonds is 4. The van der Waals surface area contributed by atoms with E-state index in [0.29, 0.717) is 11.3 Å². The lowest BCUT2D eigenvalue weighted by molar-refractivity contribution is 0.0793. The van der Waals surface area contributed by atoms with Gasteiger partial charge in [0.25, 0.3) is 11.8 Å². The summed E-state index contributed by atoms with van der Waals surface area (Å²) in [6, 6.07) is 8.94. The van der Waals surface area contributed by atoms with Crippen molar-refractivity contribution >= 4 is 23.2 Å². The lowest BCUT2D eigenvalue weighted by Gasteiger charge is -2.31. The second-order valence-corrected chi connectivity index (χ2v) is 7.21. The van der Waals surface area contributed by atoms with E-state index in [9.17, 15) is 9.59 Å². The Balaban J connectivity index is 1.62. The molecular weight excluding hydrogens is 342 g/mol. The van der Waals surface area contributed by atoms with Gasteiger partial charge >= 0.3 is 0 Å². The van der Waals surface area contributed by atoms with Gasteiger partial charge in [0.05, 0.1) is 11.8 Å². The summed E-state index contributed by atoms with van der Waals surface area (Å²) in [6.45, 7) is 3.55. The fraction of sp³-hybridized carbons (Fsp3) is 0.429. The first-order valence-electron chi connectivity index (χ1n) is 9.75. The van der Waals surface area contributed by atoms with Gasteiger partial charge in [0.1, 0.15) is 0 Å². The van der Waals surface area contributed by atoms with E-state index < -0.39 is 0 Å². The van der Waals surface area contributed by atoms with Crippen LogP contribution in [0.25, 0.3) is 0 Å². The first kappa shape index (κ1) is 17.6. The van der Waals surface area contributed by atoms with Gasteiger partial charge in [-0.05, 0) is 62.4 Å². The lowest BCUT2D eigenvalue weighted by Crippen LogP contribution is -2.34. The fourth-order valence-electron chi connectivity index (χ4n) is 3.89. The largest absolute Gasteiger partial charge is 0.459 e. The Morgan fingerprint density at radius 1 is 0.926 bits per heavy atom. The molecule has 0 radical (unpaired) electrons. The molecule has 3 heterocycles. The SMILES string of the molecule is O=C(Nc1ccc(N2CCCCC2)c(C(=O)N2CCCC2)c1)c1ccco1. The molecule has 2 amide bonds. The van der Waals surface area contributed by atoms with Crippen LogP contribution in [0.15, 0.2) is 41.0 Å². The molecule has 0 saturated carbocycles. The zero-order valence-corrected chi connectivity index (χ0v) is 15.4. The van der Waals surface area contributed by atoms with Crippen LogP contribution in [0.1, 0.15) is 53.0 Å². The van der Waals surface area contributed by atoms with Gasteiger partial charge < -0.3 is 19.5 Å². The molecule has 2 aliphatic heterocycles. The van der Waals surface area contributed by atoms with E-state index in [-0.39, 0.29) is 17.6 Å². The zero-order chi connectivity index (χ0) is 18.6. The molecule has 1 aromatic heterocycles. The molecule has 2 fully saturated rings. The van der Waals surface area contributed by atoms with Crippen molar-refractivity contribution < 1.29 is 14.0 Å². The highest BCUT2D eigenvalue weighted by molar-refractivity contribution is 6.05. The second kappa shape index (κ2) is 7.86. The van der Waals surface area contributed by atoms with Crippen LogP contribution in [0.5, 0.6) is 0 Å². The molecule has 1 aromatic carbocycles. The number of nitrogens with zero attached hydrogens (tertiary/aromatic N) is 2. The number of hydrogen-bond donors (Lipinski definition) is 1. The Morgan fingerprint density at radius 2 is 1.67 bits per heavy atom. The van der Waals surface area contributed by atoms with E-state index in [2.05, 4.69) is 10.2 Å². The molecule has 0 unspecified atom stereocenters.